The van der Waals surface area contributed by atoms with E-state index in [0.717, 1.165) is 30.3 Å². The molecule has 0 bridgehead atoms. The summed E-state index contributed by atoms with van der Waals surface area (Å²) in [4.78, 5) is 12.5. The molecule has 0 unspecified atom stereocenters. The number of methoxy groups -OCH3 is 1. The number of alkyl halides is 4. The highest BCUT2D eigenvalue weighted by atomic mass is 32.2. The Balaban J connectivity index is 1.50. The van der Waals surface area contributed by atoms with E-state index >= 15 is 0 Å². The van der Waals surface area contributed by atoms with Crippen LogP contribution < -0.4 is 10.1 Å². The third-order valence-corrected chi connectivity index (χ3v) is 7.64. The molecule has 2 aromatic carbocycles. The van der Waals surface area contributed by atoms with Gasteiger partial charge in [-0.1, -0.05) is 6.07 Å². The lowest BCUT2D eigenvalue weighted by molar-refractivity contribution is -0.137. The van der Waals surface area contributed by atoms with Crippen LogP contribution in [0.4, 0.5) is 22.0 Å². The Bertz CT molecular complexity index is 1390. The predicted molar refractivity (Wildman–Crippen MR) is 121 cm³/mol. The van der Waals surface area contributed by atoms with E-state index in [1.807, 2.05) is 0 Å². The second-order valence-corrected chi connectivity index (χ2v) is 10.1. The third kappa shape index (κ3) is 5.59. The molecule has 2 heterocycles. The molecule has 1 N–H and O–H groups in total. The van der Waals surface area contributed by atoms with Gasteiger partial charge in [0, 0.05) is 25.7 Å². The molecule has 8 nitrogen and oxygen atoms in total. The molecule has 1 aliphatic heterocycles. The first-order valence-corrected chi connectivity index (χ1v) is 12.3. The van der Waals surface area contributed by atoms with Crippen molar-refractivity contribution in [3.05, 3.63) is 71.7 Å². The Morgan fingerprint density at radius 3 is 2.51 bits per heavy atom. The number of rotatable bonds is 7. The highest BCUT2D eigenvalue weighted by Crippen LogP contribution is 2.31. The predicted octanol–water partition coefficient (Wildman–Crippen LogP) is 3.46. The Morgan fingerprint density at radius 2 is 1.89 bits per heavy atom. The van der Waals surface area contributed by atoms with Gasteiger partial charge in [0.25, 0.3) is 0 Å². The van der Waals surface area contributed by atoms with Gasteiger partial charge in [0.05, 0.1) is 28.8 Å². The largest absolute Gasteiger partial charge is 0.480 e. The van der Waals surface area contributed by atoms with Gasteiger partial charge in [-0.3, -0.25) is 4.79 Å². The number of benzene rings is 2. The minimum Gasteiger partial charge on any atom is -0.480 e. The molecule has 37 heavy (non-hydrogen) atoms. The van der Waals surface area contributed by atoms with E-state index in [1.165, 1.54) is 36.2 Å². The van der Waals surface area contributed by atoms with Crippen LogP contribution in [-0.2, 0) is 27.5 Å². The van der Waals surface area contributed by atoms with E-state index in [0.29, 0.717) is 15.6 Å². The van der Waals surface area contributed by atoms with Crippen LogP contribution in [0.5, 0.6) is 5.88 Å². The Hall–Kier alpha value is -3.52. The van der Waals surface area contributed by atoms with E-state index in [-0.39, 0.29) is 18.8 Å². The van der Waals surface area contributed by atoms with Crippen LogP contribution in [0.2, 0.25) is 0 Å². The lowest BCUT2D eigenvalue weighted by atomic mass is 10.2. The van der Waals surface area contributed by atoms with Gasteiger partial charge in [-0.05, 0) is 42.5 Å². The summed E-state index contributed by atoms with van der Waals surface area (Å²) in [6.45, 7) is -0.754. The van der Waals surface area contributed by atoms with Crippen molar-refractivity contribution in [2.75, 3.05) is 13.7 Å². The molecular weight excluding hydrogens is 523 g/mol. The van der Waals surface area contributed by atoms with Crippen molar-refractivity contribution in [2.24, 2.45) is 0 Å². The summed E-state index contributed by atoms with van der Waals surface area (Å²) in [6, 6.07) is 7.04. The average Bonchev–Trinajstić information content (AvgIpc) is 3.46. The minimum absolute atomic E-state index is 0.0687. The first-order valence-electron chi connectivity index (χ1n) is 10.9. The SMILES string of the molecule is COc1nn(-c2ccc(C(F)(F)F)cc2)cc1CNC(=O)[C@H]1C[C@@H](F)CN1S(=O)(=O)c1cccc(F)c1. The quantitative estimate of drug-likeness (QED) is 0.460. The van der Waals surface area contributed by atoms with E-state index in [2.05, 4.69) is 10.4 Å². The molecule has 4 rings (SSSR count). The molecule has 14 heteroatoms. The molecule has 0 radical (unpaired) electrons. The van der Waals surface area contributed by atoms with Gasteiger partial charge in [-0.2, -0.15) is 17.5 Å². The third-order valence-electron chi connectivity index (χ3n) is 5.77. The van der Waals surface area contributed by atoms with Gasteiger partial charge in [-0.25, -0.2) is 21.9 Å². The fourth-order valence-corrected chi connectivity index (χ4v) is 5.60. The second kappa shape index (κ2) is 10.1. The average molecular weight is 545 g/mol. The number of halogens is 5. The fraction of sp³-hybridized carbons (Fsp3) is 0.304. The topological polar surface area (TPSA) is 93.5 Å². The van der Waals surface area contributed by atoms with Gasteiger partial charge in [0.15, 0.2) is 0 Å². The van der Waals surface area contributed by atoms with Gasteiger partial charge < -0.3 is 10.1 Å². The molecule has 1 aliphatic rings. The normalized spacial score (nSPS) is 18.6. The highest BCUT2D eigenvalue weighted by molar-refractivity contribution is 7.89. The number of carbonyl (C=O) groups is 1. The van der Waals surface area contributed by atoms with E-state index in [4.69, 9.17) is 4.74 Å². The van der Waals surface area contributed by atoms with Gasteiger partial charge in [0.2, 0.25) is 21.8 Å². The van der Waals surface area contributed by atoms with Crippen molar-refractivity contribution in [1.82, 2.24) is 19.4 Å². The van der Waals surface area contributed by atoms with Crippen LogP contribution in [0, 0.1) is 5.82 Å². The standard InChI is InChI=1S/C23H21F5N4O4S/c1-36-22-14(12-31(30-22)18-7-5-15(6-8-18)23(26,27)28)11-29-21(33)20-10-17(25)13-32(20)37(34,35)19-4-2-3-16(24)9-19/h2-9,12,17,20H,10-11,13H2,1H3,(H,29,33)/t17-,20-/m1/s1. The van der Waals surface area contributed by atoms with E-state index < -0.39 is 57.1 Å². The number of hydrogen-bond donors (Lipinski definition) is 1. The van der Waals surface area contributed by atoms with E-state index in [1.54, 1.807) is 0 Å². The maximum absolute atomic E-state index is 14.2. The lowest BCUT2D eigenvalue weighted by Gasteiger charge is -2.23. The summed E-state index contributed by atoms with van der Waals surface area (Å²) in [6.07, 6.45) is -5.06. The molecule has 1 fully saturated rings. The Kier molecular flexibility index (Phi) is 7.24. The number of carbonyl (C=O) groups excluding carboxylic acids is 1. The fourth-order valence-electron chi connectivity index (χ4n) is 3.95. The summed E-state index contributed by atoms with van der Waals surface area (Å²) in [5.41, 5.74) is -0.194. The summed E-state index contributed by atoms with van der Waals surface area (Å²) < 4.78 is 99.4. The van der Waals surface area contributed by atoms with Gasteiger partial charge in [0.1, 0.15) is 18.0 Å². The van der Waals surface area contributed by atoms with Crippen molar-refractivity contribution in [3.63, 3.8) is 0 Å². The lowest BCUT2D eigenvalue weighted by Crippen LogP contribution is -2.45. The molecule has 0 aliphatic carbocycles. The van der Waals surface area contributed by atoms with Gasteiger partial charge in [-0.15, -0.1) is 5.10 Å². The zero-order chi connectivity index (χ0) is 27.0. The maximum atomic E-state index is 14.2. The molecule has 198 valence electrons. The van der Waals surface area contributed by atoms with Crippen LogP contribution in [0.15, 0.2) is 59.6 Å². The molecular formula is C23H21F5N4O4S. The zero-order valence-corrected chi connectivity index (χ0v) is 20.1. The monoisotopic (exact) mass is 544 g/mol. The van der Waals surface area contributed by atoms with Crippen LogP contribution in [0.25, 0.3) is 5.69 Å². The van der Waals surface area contributed by atoms with Crippen molar-refractivity contribution < 1.29 is 39.9 Å². The number of ether oxygens (including phenoxy) is 1. The number of aromatic nitrogens is 2. The summed E-state index contributed by atoms with van der Waals surface area (Å²) in [7, 11) is -3.05. The van der Waals surface area contributed by atoms with E-state index in [9.17, 15) is 35.2 Å². The minimum atomic E-state index is -4.50. The van der Waals surface area contributed by atoms with Crippen molar-refractivity contribution in [3.8, 4) is 11.6 Å². The molecule has 3 aromatic rings. The van der Waals surface area contributed by atoms with Crippen molar-refractivity contribution in [2.45, 2.75) is 36.3 Å². The summed E-state index contributed by atoms with van der Waals surface area (Å²) >= 11 is 0. The molecule has 0 spiro atoms. The number of hydrogen-bond acceptors (Lipinski definition) is 5. The molecule has 1 saturated heterocycles. The Labute approximate surface area is 208 Å². The van der Waals surface area contributed by atoms with Crippen LogP contribution in [-0.4, -0.2) is 54.3 Å². The molecule has 1 aromatic heterocycles. The second-order valence-electron chi connectivity index (χ2n) is 8.25. The highest BCUT2D eigenvalue weighted by Gasteiger charge is 2.44. The van der Waals surface area contributed by atoms with Crippen molar-refractivity contribution >= 4 is 15.9 Å². The molecule has 0 saturated carbocycles. The van der Waals surface area contributed by atoms with Crippen LogP contribution in [0.3, 0.4) is 0 Å². The smallest absolute Gasteiger partial charge is 0.416 e. The van der Waals surface area contributed by atoms with Crippen LogP contribution >= 0.6 is 0 Å². The number of sulfonamides is 1. The van der Waals surface area contributed by atoms with Gasteiger partial charge >= 0.3 is 6.18 Å². The summed E-state index contributed by atoms with van der Waals surface area (Å²) in [5, 5.41) is 6.67. The maximum Gasteiger partial charge on any atom is 0.416 e. The number of nitrogens with one attached hydrogen (secondary N) is 1. The number of nitrogens with zero attached hydrogens (tertiary/aromatic N) is 3. The van der Waals surface area contributed by atoms with Crippen molar-refractivity contribution in [1.29, 1.82) is 0 Å². The summed E-state index contributed by atoms with van der Waals surface area (Å²) in [5.74, 6) is -1.51. The Morgan fingerprint density at radius 1 is 1.19 bits per heavy atom. The molecule has 2 atom stereocenters. The number of amides is 1. The zero-order valence-electron chi connectivity index (χ0n) is 19.2. The first-order chi connectivity index (χ1) is 17.4. The van der Waals surface area contributed by atoms with Crippen LogP contribution in [0.1, 0.15) is 17.5 Å². The molecule has 1 amide bonds. The first kappa shape index (κ1) is 26.5.